The van der Waals surface area contributed by atoms with E-state index in [1.807, 2.05) is 0 Å². The molecular formula is C17H24O2. The van der Waals surface area contributed by atoms with Gasteiger partial charge in [0.15, 0.2) is 0 Å². The van der Waals surface area contributed by atoms with Gasteiger partial charge in [-0.3, -0.25) is 0 Å². The molecule has 0 heterocycles. The van der Waals surface area contributed by atoms with Crippen LogP contribution in [-0.2, 0) is 17.6 Å². The number of carboxylic acid groups (broad SMARTS) is 1. The normalized spacial score (nSPS) is 11.1. The zero-order valence-corrected chi connectivity index (χ0v) is 12.0. The lowest BCUT2D eigenvalue weighted by molar-refractivity contribution is -0.131. The van der Waals surface area contributed by atoms with Crippen molar-refractivity contribution in [2.45, 2.75) is 52.4 Å². The molecular weight excluding hydrogens is 236 g/mol. The first-order chi connectivity index (χ1) is 9.17. The standard InChI is InChI=1S/C17H24O2/c1-3-5-7-14-9-10-15(11-12-17(18)19)16(13-14)8-6-4-2/h9-13H,3-8H2,1-2H3,(H,18,19). The van der Waals surface area contributed by atoms with Crippen LogP contribution in [0.2, 0.25) is 0 Å². The first kappa shape index (κ1) is 15.5. The molecule has 0 saturated heterocycles. The van der Waals surface area contributed by atoms with Gasteiger partial charge in [-0.2, -0.15) is 0 Å². The molecule has 19 heavy (non-hydrogen) atoms. The predicted octanol–water partition coefficient (Wildman–Crippen LogP) is 4.47. The number of rotatable bonds is 8. The Balaban J connectivity index is 2.91. The first-order valence-corrected chi connectivity index (χ1v) is 7.20. The molecule has 1 aromatic rings. The lowest BCUT2D eigenvalue weighted by Gasteiger charge is -2.09. The van der Waals surface area contributed by atoms with Crippen LogP contribution in [0.4, 0.5) is 0 Å². The molecule has 0 aliphatic carbocycles. The number of hydrogen-bond donors (Lipinski definition) is 1. The van der Waals surface area contributed by atoms with Gasteiger partial charge in [0.2, 0.25) is 0 Å². The molecule has 104 valence electrons. The number of benzene rings is 1. The Morgan fingerprint density at radius 3 is 2.47 bits per heavy atom. The summed E-state index contributed by atoms with van der Waals surface area (Å²) >= 11 is 0. The van der Waals surface area contributed by atoms with Crippen LogP contribution in [-0.4, -0.2) is 11.1 Å². The van der Waals surface area contributed by atoms with Crippen LogP contribution in [0.25, 0.3) is 6.08 Å². The first-order valence-electron chi connectivity index (χ1n) is 7.20. The highest BCUT2D eigenvalue weighted by atomic mass is 16.4. The molecule has 2 heteroatoms. The molecule has 0 spiro atoms. The molecule has 1 rings (SSSR count). The number of carboxylic acids is 1. The van der Waals surface area contributed by atoms with E-state index in [0.29, 0.717) is 0 Å². The summed E-state index contributed by atoms with van der Waals surface area (Å²) in [5.41, 5.74) is 3.67. The van der Waals surface area contributed by atoms with Gasteiger partial charge < -0.3 is 5.11 Å². The number of hydrogen-bond acceptors (Lipinski definition) is 1. The zero-order valence-electron chi connectivity index (χ0n) is 12.0. The van der Waals surface area contributed by atoms with Gasteiger partial charge in [-0.15, -0.1) is 0 Å². The third-order valence-electron chi connectivity index (χ3n) is 3.23. The topological polar surface area (TPSA) is 37.3 Å². The van der Waals surface area contributed by atoms with Crippen molar-refractivity contribution in [1.82, 2.24) is 0 Å². The third-order valence-corrected chi connectivity index (χ3v) is 3.23. The van der Waals surface area contributed by atoms with Gasteiger partial charge in [0.25, 0.3) is 0 Å². The molecule has 0 radical (unpaired) electrons. The summed E-state index contributed by atoms with van der Waals surface area (Å²) in [6.07, 6.45) is 9.76. The summed E-state index contributed by atoms with van der Waals surface area (Å²) < 4.78 is 0. The average molecular weight is 260 g/mol. The molecule has 0 bridgehead atoms. The zero-order chi connectivity index (χ0) is 14.1. The maximum atomic E-state index is 10.6. The number of aliphatic carboxylic acids is 1. The fraction of sp³-hybridized carbons (Fsp3) is 0.471. The van der Waals surface area contributed by atoms with E-state index in [2.05, 4.69) is 32.0 Å². The van der Waals surface area contributed by atoms with Crippen molar-refractivity contribution in [3.05, 3.63) is 41.0 Å². The second kappa shape index (κ2) is 8.52. The maximum Gasteiger partial charge on any atom is 0.328 e. The Morgan fingerprint density at radius 2 is 1.84 bits per heavy atom. The van der Waals surface area contributed by atoms with Crippen molar-refractivity contribution in [2.75, 3.05) is 0 Å². The Morgan fingerprint density at radius 1 is 1.16 bits per heavy atom. The number of aryl methyl sites for hydroxylation is 2. The highest BCUT2D eigenvalue weighted by molar-refractivity contribution is 5.85. The summed E-state index contributed by atoms with van der Waals surface area (Å²) in [6.45, 7) is 4.37. The fourth-order valence-corrected chi connectivity index (χ4v) is 2.10. The monoisotopic (exact) mass is 260 g/mol. The third kappa shape index (κ3) is 5.73. The SMILES string of the molecule is CCCCc1ccc(C=CC(=O)O)c(CCCC)c1. The van der Waals surface area contributed by atoms with Crippen LogP contribution in [0.1, 0.15) is 56.2 Å². The lowest BCUT2D eigenvalue weighted by Crippen LogP contribution is -1.95. The van der Waals surface area contributed by atoms with Crippen LogP contribution < -0.4 is 0 Å². The maximum absolute atomic E-state index is 10.6. The van der Waals surface area contributed by atoms with Gasteiger partial charge >= 0.3 is 5.97 Å². The van der Waals surface area contributed by atoms with Crippen molar-refractivity contribution < 1.29 is 9.90 Å². The van der Waals surface area contributed by atoms with Gasteiger partial charge in [-0.05, 0) is 48.4 Å². The highest BCUT2D eigenvalue weighted by Gasteiger charge is 2.02. The van der Waals surface area contributed by atoms with Crippen LogP contribution in [0, 0.1) is 0 Å². The molecule has 0 atom stereocenters. The predicted molar refractivity (Wildman–Crippen MR) is 80.3 cm³/mol. The van der Waals surface area contributed by atoms with E-state index in [9.17, 15) is 4.79 Å². The molecule has 0 aromatic heterocycles. The van der Waals surface area contributed by atoms with Crippen molar-refractivity contribution in [3.63, 3.8) is 0 Å². The van der Waals surface area contributed by atoms with Crippen LogP contribution in [0.3, 0.4) is 0 Å². The van der Waals surface area contributed by atoms with Gasteiger partial charge in [0.1, 0.15) is 0 Å². The molecule has 0 saturated carbocycles. The second-order valence-electron chi connectivity index (χ2n) is 4.91. The molecule has 0 aliphatic rings. The molecule has 1 N–H and O–H groups in total. The van der Waals surface area contributed by atoms with Gasteiger partial charge in [-0.1, -0.05) is 44.9 Å². The molecule has 0 fully saturated rings. The van der Waals surface area contributed by atoms with Crippen LogP contribution >= 0.6 is 0 Å². The lowest BCUT2D eigenvalue weighted by atomic mass is 9.97. The minimum absolute atomic E-state index is 0.892. The Kier molecular flexibility index (Phi) is 6.94. The smallest absolute Gasteiger partial charge is 0.328 e. The summed E-state index contributed by atoms with van der Waals surface area (Å²) in [5.74, 6) is -0.892. The average Bonchev–Trinajstić information content (AvgIpc) is 2.41. The number of unbranched alkanes of at least 4 members (excludes halogenated alkanes) is 2. The van der Waals surface area contributed by atoms with Crippen LogP contribution in [0.15, 0.2) is 24.3 Å². The quantitative estimate of drug-likeness (QED) is 0.700. The molecule has 0 aliphatic heterocycles. The molecule has 1 aromatic carbocycles. The van der Waals surface area contributed by atoms with Gasteiger partial charge in [0, 0.05) is 6.08 Å². The minimum atomic E-state index is -0.892. The fourth-order valence-electron chi connectivity index (χ4n) is 2.10. The van der Waals surface area contributed by atoms with E-state index in [1.54, 1.807) is 6.08 Å². The van der Waals surface area contributed by atoms with Crippen molar-refractivity contribution in [3.8, 4) is 0 Å². The van der Waals surface area contributed by atoms with E-state index in [-0.39, 0.29) is 0 Å². The van der Waals surface area contributed by atoms with Crippen molar-refractivity contribution in [2.24, 2.45) is 0 Å². The molecule has 0 unspecified atom stereocenters. The minimum Gasteiger partial charge on any atom is -0.478 e. The highest BCUT2D eigenvalue weighted by Crippen LogP contribution is 2.18. The van der Waals surface area contributed by atoms with Gasteiger partial charge in [0.05, 0.1) is 0 Å². The summed E-state index contributed by atoms with van der Waals surface area (Å²) in [5, 5.41) is 8.73. The van der Waals surface area contributed by atoms with Crippen molar-refractivity contribution >= 4 is 12.0 Å². The van der Waals surface area contributed by atoms with Gasteiger partial charge in [-0.25, -0.2) is 4.79 Å². The summed E-state index contributed by atoms with van der Waals surface area (Å²) in [6, 6.07) is 6.41. The Hall–Kier alpha value is -1.57. The van der Waals surface area contributed by atoms with E-state index < -0.39 is 5.97 Å². The summed E-state index contributed by atoms with van der Waals surface area (Å²) in [7, 11) is 0. The summed E-state index contributed by atoms with van der Waals surface area (Å²) in [4.78, 5) is 10.6. The van der Waals surface area contributed by atoms with E-state index in [0.717, 1.165) is 31.2 Å². The van der Waals surface area contributed by atoms with E-state index in [4.69, 9.17) is 5.11 Å². The second-order valence-corrected chi connectivity index (χ2v) is 4.91. The number of carbonyl (C=O) groups is 1. The Bertz CT molecular complexity index is 433. The largest absolute Gasteiger partial charge is 0.478 e. The molecule has 2 nitrogen and oxygen atoms in total. The molecule has 0 amide bonds. The Labute approximate surface area is 116 Å². The van der Waals surface area contributed by atoms with E-state index >= 15 is 0 Å². The van der Waals surface area contributed by atoms with E-state index in [1.165, 1.54) is 30.0 Å². The van der Waals surface area contributed by atoms with Crippen LogP contribution in [0.5, 0.6) is 0 Å². The van der Waals surface area contributed by atoms with Crippen molar-refractivity contribution in [1.29, 1.82) is 0 Å².